The van der Waals surface area contributed by atoms with E-state index < -0.39 is 0 Å². The normalized spacial score (nSPS) is 18.9. The van der Waals surface area contributed by atoms with E-state index in [1.165, 1.54) is 25.7 Å². The highest BCUT2D eigenvalue weighted by Crippen LogP contribution is 2.35. The zero-order valence-electron chi connectivity index (χ0n) is 18.1. The monoisotopic (exact) mass is 406 g/mol. The second-order valence-corrected chi connectivity index (χ2v) is 9.06. The Kier molecular flexibility index (Phi) is 4.93. The average molecular weight is 407 g/mol. The average Bonchev–Trinajstić information content (AvgIpc) is 3.39. The van der Waals surface area contributed by atoms with Crippen LogP contribution in [0, 0.1) is 6.92 Å². The van der Waals surface area contributed by atoms with Crippen molar-refractivity contribution in [2.24, 2.45) is 0 Å². The molecule has 1 aliphatic carbocycles. The first-order chi connectivity index (χ1) is 14.5. The smallest absolute Gasteiger partial charge is 0.253 e. The fraction of sp³-hybridized carbons (Fsp3) is 0.565. The van der Waals surface area contributed by atoms with Crippen LogP contribution in [0.1, 0.15) is 60.7 Å². The first-order valence-corrected chi connectivity index (χ1v) is 11.1. The number of rotatable bonds is 3. The zero-order valence-corrected chi connectivity index (χ0v) is 18.1. The number of carbonyl (C=O) groups excluding carboxylic acids is 1. The van der Waals surface area contributed by atoms with E-state index in [0.29, 0.717) is 17.7 Å². The summed E-state index contributed by atoms with van der Waals surface area (Å²) < 4.78 is 2.34. The number of piperidine rings is 1. The van der Waals surface area contributed by atoms with E-state index in [1.54, 1.807) is 0 Å². The summed E-state index contributed by atoms with van der Waals surface area (Å²) in [7, 11) is 4.24. The minimum atomic E-state index is 0.114. The lowest BCUT2D eigenvalue weighted by molar-refractivity contribution is 0.0663. The van der Waals surface area contributed by atoms with Crippen LogP contribution in [0.4, 0.5) is 0 Å². The largest absolute Gasteiger partial charge is 0.339 e. The van der Waals surface area contributed by atoms with Crippen molar-refractivity contribution in [1.82, 2.24) is 29.5 Å². The highest BCUT2D eigenvalue weighted by atomic mass is 16.2. The molecule has 3 aromatic rings. The number of aromatic nitrogens is 4. The maximum absolute atomic E-state index is 13.3. The maximum atomic E-state index is 13.3. The Morgan fingerprint density at radius 2 is 1.80 bits per heavy atom. The summed E-state index contributed by atoms with van der Waals surface area (Å²) >= 11 is 0. The third-order valence-electron chi connectivity index (χ3n) is 6.99. The minimum Gasteiger partial charge on any atom is -0.339 e. The molecule has 0 radical (unpaired) electrons. The molecule has 158 valence electrons. The van der Waals surface area contributed by atoms with Gasteiger partial charge in [-0.2, -0.15) is 0 Å². The molecule has 2 aliphatic rings. The number of amides is 1. The molecule has 30 heavy (non-hydrogen) atoms. The van der Waals surface area contributed by atoms with E-state index in [9.17, 15) is 4.79 Å². The number of hydrogen-bond acceptors (Lipinski definition) is 5. The van der Waals surface area contributed by atoms with E-state index in [1.807, 2.05) is 23.1 Å². The van der Waals surface area contributed by atoms with E-state index >= 15 is 0 Å². The van der Waals surface area contributed by atoms with Crippen LogP contribution in [-0.2, 0) is 0 Å². The van der Waals surface area contributed by atoms with Gasteiger partial charge < -0.3 is 14.4 Å². The second kappa shape index (κ2) is 7.61. The molecule has 2 aromatic heterocycles. The minimum absolute atomic E-state index is 0.114. The van der Waals surface area contributed by atoms with Crippen LogP contribution in [0.5, 0.6) is 0 Å². The van der Waals surface area contributed by atoms with E-state index in [-0.39, 0.29) is 5.91 Å². The maximum Gasteiger partial charge on any atom is 0.253 e. The molecule has 1 aromatic carbocycles. The molecule has 1 saturated heterocycles. The predicted octanol–water partition coefficient (Wildman–Crippen LogP) is 3.57. The molecule has 0 spiro atoms. The van der Waals surface area contributed by atoms with Crippen molar-refractivity contribution in [3.63, 3.8) is 0 Å². The van der Waals surface area contributed by atoms with Crippen molar-refractivity contribution >= 4 is 28.0 Å². The van der Waals surface area contributed by atoms with Gasteiger partial charge in [0, 0.05) is 36.1 Å². The molecule has 1 saturated carbocycles. The third-order valence-corrected chi connectivity index (χ3v) is 6.99. The Morgan fingerprint density at radius 3 is 2.50 bits per heavy atom. The van der Waals surface area contributed by atoms with Crippen LogP contribution in [0.15, 0.2) is 18.2 Å². The molecule has 7 heteroatoms. The number of fused-ring (bicyclic) bond motifs is 3. The topological polar surface area (TPSA) is 67.2 Å². The van der Waals surface area contributed by atoms with Crippen LogP contribution >= 0.6 is 0 Å². The van der Waals surface area contributed by atoms with Crippen LogP contribution in [0.2, 0.25) is 0 Å². The van der Waals surface area contributed by atoms with Crippen molar-refractivity contribution in [3.8, 4) is 0 Å². The number of imidazole rings is 1. The van der Waals surface area contributed by atoms with Crippen molar-refractivity contribution in [3.05, 3.63) is 29.6 Å². The van der Waals surface area contributed by atoms with Gasteiger partial charge in [0.1, 0.15) is 5.82 Å². The van der Waals surface area contributed by atoms with E-state index in [0.717, 1.165) is 53.7 Å². The molecule has 7 nitrogen and oxygen atoms in total. The van der Waals surface area contributed by atoms with Crippen LogP contribution in [0.25, 0.3) is 22.1 Å². The van der Waals surface area contributed by atoms with Gasteiger partial charge in [-0.05, 0) is 64.9 Å². The second-order valence-electron chi connectivity index (χ2n) is 9.06. The van der Waals surface area contributed by atoms with Gasteiger partial charge in [0.15, 0.2) is 0 Å². The lowest BCUT2D eigenvalue weighted by Crippen LogP contribution is -2.44. The van der Waals surface area contributed by atoms with Gasteiger partial charge in [-0.15, -0.1) is 10.2 Å². The fourth-order valence-electron chi connectivity index (χ4n) is 5.27. The Bertz CT molecular complexity index is 1090. The van der Waals surface area contributed by atoms with E-state index in [2.05, 4.69) is 45.7 Å². The number of hydrogen-bond donors (Lipinski definition) is 0. The Morgan fingerprint density at radius 1 is 1.07 bits per heavy atom. The van der Waals surface area contributed by atoms with Gasteiger partial charge in [-0.3, -0.25) is 4.79 Å². The van der Waals surface area contributed by atoms with E-state index in [4.69, 9.17) is 0 Å². The van der Waals surface area contributed by atoms with Gasteiger partial charge in [0.05, 0.1) is 11.0 Å². The van der Waals surface area contributed by atoms with Gasteiger partial charge >= 0.3 is 0 Å². The fourth-order valence-corrected chi connectivity index (χ4v) is 5.27. The quantitative estimate of drug-likeness (QED) is 0.665. The Labute approximate surface area is 177 Å². The summed E-state index contributed by atoms with van der Waals surface area (Å²) in [5, 5.41) is 9.73. The van der Waals surface area contributed by atoms with Gasteiger partial charge in [0.25, 0.3) is 5.91 Å². The number of likely N-dealkylation sites (tertiary alicyclic amines) is 1. The number of carbonyl (C=O) groups is 1. The molecule has 5 rings (SSSR count). The molecule has 2 fully saturated rings. The molecular weight excluding hydrogens is 376 g/mol. The standard InChI is InChI=1S/C23H30N6O/c1-15-24-22-21(29(15)18-6-4-5-7-18)19-14-16(8-9-20(19)25-26-22)23(30)28-12-10-17(11-13-28)27(2)3/h8-9,14,17-18H,4-7,10-13H2,1-3H3. The summed E-state index contributed by atoms with van der Waals surface area (Å²) in [6.45, 7) is 3.67. The van der Waals surface area contributed by atoms with Crippen molar-refractivity contribution in [2.45, 2.75) is 57.5 Å². The summed E-state index contributed by atoms with van der Waals surface area (Å²) in [6.07, 6.45) is 6.91. The summed E-state index contributed by atoms with van der Waals surface area (Å²) in [5.74, 6) is 1.10. The highest BCUT2D eigenvalue weighted by Gasteiger charge is 2.26. The van der Waals surface area contributed by atoms with Crippen LogP contribution < -0.4 is 0 Å². The SMILES string of the molecule is Cc1nc2nnc3ccc(C(=O)N4CCC(N(C)C)CC4)cc3c2n1C1CCCC1. The summed E-state index contributed by atoms with van der Waals surface area (Å²) in [4.78, 5) is 22.2. The Balaban J connectivity index is 1.53. The zero-order chi connectivity index (χ0) is 20.8. The highest BCUT2D eigenvalue weighted by molar-refractivity contribution is 6.05. The van der Waals surface area contributed by atoms with Gasteiger partial charge in [-0.25, -0.2) is 4.98 Å². The van der Waals surface area contributed by atoms with Gasteiger partial charge in [0.2, 0.25) is 5.65 Å². The summed E-state index contributed by atoms with van der Waals surface area (Å²) in [5.41, 5.74) is 3.27. The first-order valence-electron chi connectivity index (χ1n) is 11.1. The van der Waals surface area contributed by atoms with Gasteiger partial charge in [-0.1, -0.05) is 12.8 Å². The number of benzene rings is 1. The number of aryl methyl sites for hydroxylation is 1. The lowest BCUT2D eigenvalue weighted by Gasteiger charge is -2.35. The van der Waals surface area contributed by atoms with Crippen molar-refractivity contribution in [1.29, 1.82) is 0 Å². The van der Waals surface area contributed by atoms with Crippen LogP contribution in [-0.4, -0.2) is 68.7 Å². The molecular formula is C23H30N6O. The third kappa shape index (κ3) is 3.25. The molecule has 0 bridgehead atoms. The Hall–Kier alpha value is -2.54. The number of nitrogens with zero attached hydrogens (tertiary/aromatic N) is 6. The molecule has 1 aliphatic heterocycles. The molecule has 0 atom stereocenters. The molecule has 0 unspecified atom stereocenters. The molecule has 1 amide bonds. The van der Waals surface area contributed by atoms with Crippen LogP contribution in [0.3, 0.4) is 0 Å². The lowest BCUT2D eigenvalue weighted by atomic mass is 10.0. The molecule has 3 heterocycles. The molecule has 0 N–H and O–H groups in total. The van der Waals surface area contributed by atoms with Crippen molar-refractivity contribution < 1.29 is 4.79 Å². The first kappa shape index (κ1) is 19.4. The predicted molar refractivity (Wildman–Crippen MR) is 118 cm³/mol. The summed E-state index contributed by atoms with van der Waals surface area (Å²) in [6, 6.07) is 6.87. The van der Waals surface area contributed by atoms with Crippen molar-refractivity contribution in [2.75, 3.05) is 27.2 Å².